The Balaban J connectivity index is 1.45. The summed E-state index contributed by atoms with van der Waals surface area (Å²) in [7, 11) is 1.84. The normalized spacial score (nSPS) is 14.8. The van der Waals surface area contributed by atoms with E-state index in [2.05, 4.69) is 9.88 Å². The van der Waals surface area contributed by atoms with Gasteiger partial charge in [0, 0.05) is 45.6 Å². The monoisotopic (exact) mass is 371 g/mol. The second kappa shape index (κ2) is 6.95. The number of piperazine rings is 1. The Bertz CT molecular complexity index is 927. The highest BCUT2D eigenvalue weighted by Gasteiger charge is 2.25. The van der Waals surface area contributed by atoms with Crippen molar-refractivity contribution >= 4 is 32.6 Å². The van der Waals surface area contributed by atoms with Crippen molar-refractivity contribution in [1.82, 2.24) is 19.4 Å². The minimum atomic E-state index is -0.0113. The van der Waals surface area contributed by atoms with Gasteiger partial charge in [0.15, 0.2) is 11.0 Å². The number of benzene rings is 1. The maximum atomic E-state index is 12.6. The van der Waals surface area contributed by atoms with Crippen LogP contribution in [-0.2, 0) is 7.05 Å². The molecule has 3 aromatic rings. The van der Waals surface area contributed by atoms with Gasteiger partial charge in [0.2, 0.25) is 0 Å². The van der Waals surface area contributed by atoms with Crippen molar-refractivity contribution in [3.05, 3.63) is 36.4 Å². The lowest BCUT2D eigenvalue weighted by molar-refractivity contribution is 0.0731. The van der Waals surface area contributed by atoms with Gasteiger partial charge in [-0.25, -0.2) is 9.97 Å². The highest BCUT2D eigenvalue weighted by Crippen LogP contribution is 2.32. The molecule has 2 aromatic heterocycles. The van der Waals surface area contributed by atoms with E-state index in [1.165, 1.54) is 0 Å². The number of hydrogen-bond donors (Lipinski definition) is 0. The quantitative estimate of drug-likeness (QED) is 0.705. The predicted molar refractivity (Wildman–Crippen MR) is 102 cm³/mol. The zero-order valence-corrected chi connectivity index (χ0v) is 15.7. The van der Waals surface area contributed by atoms with Crippen LogP contribution in [0.2, 0.25) is 0 Å². The second-order valence-corrected chi connectivity index (χ2v) is 7.21. The number of ether oxygens (including phenoxy) is 1. The molecule has 1 aliphatic heterocycles. The van der Waals surface area contributed by atoms with Crippen molar-refractivity contribution in [2.75, 3.05) is 37.7 Å². The van der Waals surface area contributed by atoms with Gasteiger partial charge in [-0.2, -0.15) is 0 Å². The summed E-state index contributed by atoms with van der Waals surface area (Å²) in [6.07, 6.45) is 3.45. The van der Waals surface area contributed by atoms with E-state index in [-0.39, 0.29) is 5.91 Å². The molecule has 8 heteroatoms. The van der Waals surface area contributed by atoms with Crippen LogP contribution < -0.4 is 9.64 Å². The zero-order valence-electron chi connectivity index (χ0n) is 14.9. The fourth-order valence-corrected chi connectivity index (χ4v) is 4.14. The Morgan fingerprint density at radius 2 is 2.08 bits per heavy atom. The molecule has 7 nitrogen and oxygen atoms in total. The Hall–Kier alpha value is -2.61. The fraction of sp³-hybridized carbons (Fsp3) is 0.389. The molecule has 26 heavy (non-hydrogen) atoms. The summed E-state index contributed by atoms with van der Waals surface area (Å²) in [5.41, 5.74) is 0.986. The molecule has 3 heterocycles. The van der Waals surface area contributed by atoms with Gasteiger partial charge >= 0.3 is 0 Å². The lowest BCUT2D eigenvalue weighted by Crippen LogP contribution is -2.49. The van der Waals surface area contributed by atoms with Crippen LogP contribution in [0.4, 0.5) is 5.13 Å². The van der Waals surface area contributed by atoms with Gasteiger partial charge in [-0.1, -0.05) is 11.3 Å². The molecule has 0 aliphatic carbocycles. The van der Waals surface area contributed by atoms with Gasteiger partial charge in [0.05, 0.1) is 16.8 Å². The Morgan fingerprint density at radius 1 is 1.27 bits per heavy atom. The largest absolute Gasteiger partial charge is 0.494 e. The standard InChI is InChI=1S/C18H21N5O2S/c1-3-25-13-4-5-14-15(12-13)26-18(20-14)23-10-8-22(9-11-23)17(24)16-19-6-7-21(16)2/h4-7,12H,3,8-11H2,1-2H3. The molecule has 136 valence electrons. The van der Waals surface area contributed by atoms with Crippen molar-refractivity contribution in [2.24, 2.45) is 7.05 Å². The van der Waals surface area contributed by atoms with Crippen LogP contribution in [0.15, 0.2) is 30.6 Å². The van der Waals surface area contributed by atoms with Gasteiger partial charge in [0.25, 0.3) is 5.91 Å². The number of imidazole rings is 1. The molecule has 0 bridgehead atoms. The van der Waals surface area contributed by atoms with Crippen LogP contribution in [-0.4, -0.2) is 58.1 Å². The summed E-state index contributed by atoms with van der Waals surface area (Å²) in [6, 6.07) is 6.00. The first-order valence-electron chi connectivity index (χ1n) is 8.70. The average molecular weight is 371 g/mol. The van der Waals surface area contributed by atoms with E-state index < -0.39 is 0 Å². The number of carbonyl (C=O) groups excluding carboxylic acids is 1. The number of nitrogens with zero attached hydrogens (tertiary/aromatic N) is 5. The predicted octanol–water partition coefficient (Wildman–Crippen LogP) is 2.39. The van der Waals surface area contributed by atoms with Crippen molar-refractivity contribution < 1.29 is 9.53 Å². The van der Waals surface area contributed by atoms with Crippen molar-refractivity contribution in [3.8, 4) is 5.75 Å². The van der Waals surface area contributed by atoms with E-state index >= 15 is 0 Å². The summed E-state index contributed by atoms with van der Waals surface area (Å²) in [5, 5.41) is 0.998. The summed E-state index contributed by atoms with van der Waals surface area (Å²) >= 11 is 1.67. The molecule has 0 atom stereocenters. The van der Waals surface area contributed by atoms with Gasteiger partial charge in [-0.3, -0.25) is 4.79 Å². The number of carbonyl (C=O) groups is 1. The molecular weight excluding hydrogens is 350 g/mol. The van der Waals surface area contributed by atoms with Crippen LogP contribution in [0.5, 0.6) is 5.75 Å². The molecule has 0 N–H and O–H groups in total. The molecule has 4 rings (SSSR count). The summed E-state index contributed by atoms with van der Waals surface area (Å²) in [5.74, 6) is 1.35. The van der Waals surface area contributed by atoms with Crippen LogP contribution in [0.1, 0.15) is 17.5 Å². The lowest BCUT2D eigenvalue weighted by atomic mass is 10.3. The van der Waals surface area contributed by atoms with Gasteiger partial charge in [-0.05, 0) is 25.1 Å². The molecule has 1 amide bonds. The van der Waals surface area contributed by atoms with Crippen LogP contribution in [0.25, 0.3) is 10.2 Å². The minimum Gasteiger partial charge on any atom is -0.494 e. The van der Waals surface area contributed by atoms with E-state index in [4.69, 9.17) is 9.72 Å². The van der Waals surface area contributed by atoms with Crippen molar-refractivity contribution in [2.45, 2.75) is 6.92 Å². The third kappa shape index (κ3) is 3.12. The number of thiazole rings is 1. The van der Waals surface area contributed by atoms with Crippen LogP contribution in [0, 0.1) is 0 Å². The highest BCUT2D eigenvalue weighted by atomic mass is 32.1. The zero-order chi connectivity index (χ0) is 18.1. The van der Waals surface area contributed by atoms with Crippen LogP contribution in [0.3, 0.4) is 0 Å². The first-order valence-corrected chi connectivity index (χ1v) is 9.52. The molecule has 0 saturated carbocycles. The molecule has 1 saturated heterocycles. The number of fused-ring (bicyclic) bond motifs is 1. The molecule has 0 radical (unpaired) electrons. The molecule has 1 aliphatic rings. The van der Waals surface area contributed by atoms with Crippen molar-refractivity contribution in [1.29, 1.82) is 0 Å². The minimum absolute atomic E-state index is 0.0113. The Kier molecular flexibility index (Phi) is 4.50. The van der Waals surface area contributed by atoms with Gasteiger partial charge in [-0.15, -0.1) is 0 Å². The third-order valence-electron chi connectivity index (χ3n) is 4.51. The first kappa shape index (κ1) is 16.8. The average Bonchev–Trinajstić information content (AvgIpc) is 3.27. The Labute approximate surface area is 155 Å². The van der Waals surface area contributed by atoms with E-state index in [0.717, 1.165) is 34.2 Å². The van der Waals surface area contributed by atoms with Crippen molar-refractivity contribution in [3.63, 3.8) is 0 Å². The van der Waals surface area contributed by atoms with Crippen LogP contribution >= 0.6 is 11.3 Å². The van der Waals surface area contributed by atoms with E-state index in [1.54, 1.807) is 28.3 Å². The smallest absolute Gasteiger partial charge is 0.289 e. The second-order valence-electron chi connectivity index (χ2n) is 6.20. The molecule has 1 fully saturated rings. The van der Waals surface area contributed by atoms with Gasteiger partial charge < -0.3 is 19.1 Å². The highest BCUT2D eigenvalue weighted by molar-refractivity contribution is 7.22. The molecule has 1 aromatic carbocycles. The van der Waals surface area contributed by atoms with E-state index in [9.17, 15) is 4.79 Å². The third-order valence-corrected chi connectivity index (χ3v) is 5.59. The van der Waals surface area contributed by atoms with Gasteiger partial charge in [0.1, 0.15) is 5.75 Å². The number of rotatable bonds is 4. The maximum absolute atomic E-state index is 12.6. The number of aromatic nitrogens is 3. The molecule has 0 unspecified atom stereocenters. The number of aryl methyl sites for hydroxylation is 1. The topological polar surface area (TPSA) is 63.5 Å². The number of amides is 1. The lowest BCUT2D eigenvalue weighted by Gasteiger charge is -2.34. The summed E-state index contributed by atoms with van der Waals surface area (Å²) in [6.45, 7) is 5.53. The molecular formula is C18H21N5O2S. The van der Waals surface area contributed by atoms with E-state index in [0.29, 0.717) is 25.5 Å². The first-order chi connectivity index (χ1) is 12.7. The molecule has 0 spiro atoms. The Morgan fingerprint density at radius 3 is 2.77 bits per heavy atom. The van der Waals surface area contributed by atoms with E-state index in [1.807, 2.05) is 37.1 Å². The summed E-state index contributed by atoms with van der Waals surface area (Å²) in [4.78, 5) is 25.6. The fourth-order valence-electron chi connectivity index (χ4n) is 3.10. The summed E-state index contributed by atoms with van der Waals surface area (Å²) < 4.78 is 8.45. The number of hydrogen-bond acceptors (Lipinski definition) is 6. The SMILES string of the molecule is CCOc1ccc2nc(N3CCN(C(=O)c4nccn4C)CC3)sc2c1. The number of anilines is 1. The maximum Gasteiger partial charge on any atom is 0.289 e.